The second-order valence-electron chi connectivity index (χ2n) is 3.96. The highest BCUT2D eigenvalue weighted by molar-refractivity contribution is 7.89. The molecule has 0 aliphatic carbocycles. The van der Waals surface area contributed by atoms with E-state index in [2.05, 4.69) is 30.2 Å². The van der Waals surface area contributed by atoms with Crippen LogP contribution in [0.1, 0.15) is 12.7 Å². The standard InChI is InChI=1S/C10H15N7O2S/c1-3-11-10-12-4-8(5-13-10)20(18,19)15-6-9-16-14-7-17(9)2/h4-5,7,15H,3,6H2,1-2H3,(H,11,12,13). The zero-order valence-electron chi connectivity index (χ0n) is 11.1. The number of aromatic nitrogens is 5. The predicted molar refractivity (Wildman–Crippen MR) is 71.2 cm³/mol. The molecule has 2 aromatic rings. The second kappa shape index (κ2) is 5.92. The lowest BCUT2D eigenvalue weighted by molar-refractivity contribution is 0.576. The molecule has 0 unspecified atom stereocenters. The number of nitrogens with zero attached hydrogens (tertiary/aromatic N) is 5. The van der Waals surface area contributed by atoms with Crippen LogP contribution >= 0.6 is 0 Å². The van der Waals surface area contributed by atoms with Crippen molar-refractivity contribution in [3.63, 3.8) is 0 Å². The fourth-order valence-electron chi connectivity index (χ4n) is 1.41. The highest BCUT2D eigenvalue weighted by Crippen LogP contribution is 2.07. The van der Waals surface area contributed by atoms with Gasteiger partial charge in [-0.1, -0.05) is 0 Å². The Labute approximate surface area is 116 Å². The smallest absolute Gasteiger partial charge is 0.244 e. The van der Waals surface area contributed by atoms with Crippen molar-refractivity contribution in [3.05, 3.63) is 24.5 Å². The Bertz CT molecular complexity index is 665. The Hall–Kier alpha value is -2.07. The normalized spacial score (nSPS) is 11.5. The van der Waals surface area contributed by atoms with Gasteiger partial charge in [0.05, 0.1) is 18.9 Å². The van der Waals surface area contributed by atoms with Gasteiger partial charge in [-0.25, -0.2) is 23.1 Å². The summed E-state index contributed by atoms with van der Waals surface area (Å²) in [6, 6.07) is 0. The maximum Gasteiger partial charge on any atom is 0.244 e. The zero-order valence-corrected chi connectivity index (χ0v) is 11.9. The van der Waals surface area contributed by atoms with Crippen molar-refractivity contribution in [1.82, 2.24) is 29.5 Å². The van der Waals surface area contributed by atoms with Gasteiger partial charge in [0.1, 0.15) is 17.0 Å². The van der Waals surface area contributed by atoms with E-state index in [-0.39, 0.29) is 11.4 Å². The molecule has 0 fully saturated rings. The van der Waals surface area contributed by atoms with E-state index in [0.717, 1.165) is 0 Å². The fraction of sp³-hybridized carbons (Fsp3) is 0.400. The van der Waals surface area contributed by atoms with Gasteiger partial charge in [-0.15, -0.1) is 10.2 Å². The van der Waals surface area contributed by atoms with Crippen LogP contribution in [0, 0.1) is 0 Å². The highest BCUT2D eigenvalue weighted by Gasteiger charge is 2.16. The summed E-state index contributed by atoms with van der Waals surface area (Å²) < 4.78 is 28.1. The molecule has 108 valence electrons. The molecule has 2 aromatic heterocycles. The quantitative estimate of drug-likeness (QED) is 0.739. The fourth-order valence-corrected chi connectivity index (χ4v) is 2.28. The molecule has 9 nitrogen and oxygen atoms in total. The van der Waals surface area contributed by atoms with Gasteiger partial charge >= 0.3 is 0 Å². The molecule has 2 rings (SSSR count). The monoisotopic (exact) mass is 297 g/mol. The average molecular weight is 297 g/mol. The third-order valence-electron chi connectivity index (χ3n) is 2.50. The molecule has 0 saturated carbocycles. The average Bonchev–Trinajstić information content (AvgIpc) is 2.83. The van der Waals surface area contributed by atoms with Crippen LogP contribution in [0.4, 0.5) is 5.95 Å². The zero-order chi connectivity index (χ0) is 14.6. The molecule has 0 aliphatic heterocycles. The van der Waals surface area contributed by atoms with E-state index in [9.17, 15) is 8.42 Å². The van der Waals surface area contributed by atoms with Gasteiger partial charge in [0.2, 0.25) is 16.0 Å². The highest BCUT2D eigenvalue weighted by atomic mass is 32.2. The summed E-state index contributed by atoms with van der Waals surface area (Å²) >= 11 is 0. The Balaban J connectivity index is 2.08. The lowest BCUT2D eigenvalue weighted by Gasteiger charge is -2.06. The molecule has 0 spiro atoms. The molecule has 0 amide bonds. The van der Waals surface area contributed by atoms with Gasteiger partial charge in [0, 0.05) is 13.6 Å². The van der Waals surface area contributed by atoms with Crippen LogP contribution in [0.3, 0.4) is 0 Å². The van der Waals surface area contributed by atoms with Crippen molar-refractivity contribution in [2.75, 3.05) is 11.9 Å². The third-order valence-corrected chi connectivity index (χ3v) is 3.85. The Morgan fingerprint density at radius 1 is 1.30 bits per heavy atom. The molecule has 0 aliphatic rings. The van der Waals surface area contributed by atoms with E-state index in [1.165, 1.54) is 18.7 Å². The van der Waals surface area contributed by atoms with Crippen LogP contribution in [-0.2, 0) is 23.6 Å². The maximum absolute atomic E-state index is 12.0. The topological polar surface area (TPSA) is 115 Å². The lowest BCUT2D eigenvalue weighted by Crippen LogP contribution is -2.25. The Morgan fingerprint density at radius 3 is 2.55 bits per heavy atom. The van der Waals surface area contributed by atoms with E-state index in [1.54, 1.807) is 11.6 Å². The van der Waals surface area contributed by atoms with Gasteiger partial charge in [-0.3, -0.25) is 0 Å². The van der Waals surface area contributed by atoms with Gasteiger partial charge in [0.15, 0.2) is 0 Å². The first-order valence-electron chi connectivity index (χ1n) is 5.91. The van der Waals surface area contributed by atoms with Crippen molar-refractivity contribution >= 4 is 16.0 Å². The molecule has 0 bridgehead atoms. The van der Waals surface area contributed by atoms with E-state index in [1.807, 2.05) is 6.92 Å². The summed E-state index contributed by atoms with van der Waals surface area (Å²) in [6.07, 6.45) is 4.01. The third kappa shape index (κ3) is 3.27. The molecule has 0 saturated heterocycles. The summed E-state index contributed by atoms with van der Waals surface area (Å²) in [5, 5.41) is 10.4. The number of hydrogen-bond acceptors (Lipinski definition) is 7. The lowest BCUT2D eigenvalue weighted by atomic mass is 10.6. The minimum absolute atomic E-state index is 0.00122. The first-order valence-corrected chi connectivity index (χ1v) is 7.39. The molecule has 2 heterocycles. The van der Waals surface area contributed by atoms with Crippen LogP contribution in [-0.4, -0.2) is 39.7 Å². The van der Waals surface area contributed by atoms with Crippen LogP contribution in [0.2, 0.25) is 0 Å². The predicted octanol–water partition coefficient (Wildman–Crippen LogP) is -0.485. The first kappa shape index (κ1) is 14.3. The molecular formula is C10H15N7O2S. The van der Waals surface area contributed by atoms with Crippen molar-refractivity contribution in [3.8, 4) is 0 Å². The number of anilines is 1. The largest absolute Gasteiger partial charge is 0.355 e. The minimum atomic E-state index is -3.67. The van der Waals surface area contributed by atoms with Crippen molar-refractivity contribution in [2.45, 2.75) is 18.4 Å². The van der Waals surface area contributed by atoms with Crippen molar-refractivity contribution in [1.29, 1.82) is 0 Å². The molecule has 2 N–H and O–H groups in total. The van der Waals surface area contributed by atoms with E-state index in [0.29, 0.717) is 18.3 Å². The van der Waals surface area contributed by atoms with Crippen LogP contribution < -0.4 is 10.0 Å². The summed E-state index contributed by atoms with van der Waals surface area (Å²) in [5.41, 5.74) is 0. The summed E-state index contributed by atoms with van der Waals surface area (Å²) in [4.78, 5) is 7.85. The molecule has 0 radical (unpaired) electrons. The molecule has 0 aromatic carbocycles. The Morgan fingerprint density at radius 2 is 2.00 bits per heavy atom. The maximum atomic E-state index is 12.0. The SMILES string of the molecule is CCNc1ncc(S(=O)(=O)NCc2nncn2C)cn1. The number of aryl methyl sites for hydroxylation is 1. The van der Waals surface area contributed by atoms with Crippen molar-refractivity contribution < 1.29 is 8.42 Å². The van der Waals surface area contributed by atoms with Gasteiger partial charge < -0.3 is 9.88 Å². The number of rotatable bonds is 6. The van der Waals surface area contributed by atoms with Gasteiger partial charge in [-0.05, 0) is 6.92 Å². The summed E-state index contributed by atoms with van der Waals surface area (Å²) in [7, 11) is -1.93. The minimum Gasteiger partial charge on any atom is -0.355 e. The second-order valence-corrected chi connectivity index (χ2v) is 5.72. The van der Waals surface area contributed by atoms with Gasteiger partial charge in [-0.2, -0.15) is 0 Å². The number of sulfonamides is 1. The van der Waals surface area contributed by atoms with E-state index in [4.69, 9.17) is 0 Å². The van der Waals surface area contributed by atoms with Crippen molar-refractivity contribution in [2.24, 2.45) is 7.05 Å². The van der Waals surface area contributed by atoms with Crippen LogP contribution in [0.5, 0.6) is 0 Å². The van der Waals surface area contributed by atoms with Gasteiger partial charge in [0.25, 0.3) is 0 Å². The number of nitrogens with one attached hydrogen (secondary N) is 2. The van der Waals surface area contributed by atoms with E-state index >= 15 is 0 Å². The Kier molecular flexibility index (Phi) is 4.25. The molecule has 20 heavy (non-hydrogen) atoms. The van der Waals surface area contributed by atoms with Crippen LogP contribution in [0.15, 0.2) is 23.6 Å². The van der Waals surface area contributed by atoms with E-state index < -0.39 is 10.0 Å². The number of hydrogen-bond donors (Lipinski definition) is 2. The van der Waals surface area contributed by atoms with Crippen LogP contribution in [0.25, 0.3) is 0 Å². The molecule has 0 atom stereocenters. The molecular weight excluding hydrogens is 282 g/mol. The molecule has 10 heteroatoms. The summed E-state index contributed by atoms with van der Waals surface area (Å²) in [6.45, 7) is 2.61. The summed E-state index contributed by atoms with van der Waals surface area (Å²) in [5.74, 6) is 0.901. The first-order chi connectivity index (χ1) is 9.53.